The molecular formula is C26H22N4O6S2. The number of furan rings is 1. The molecule has 2 aromatic carbocycles. The molecule has 1 amide bonds. The molecule has 0 spiro atoms. The lowest BCUT2D eigenvalue weighted by Gasteiger charge is -2.27. The highest BCUT2D eigenvalue weighted by atomic mass is 32.2. The van der Waals surface area contributed by atoms with Crippen molar-refractivity contribution in [1.82, 2.24) is 19.6 Å². The molecule has 0 saturated heterocycles. The van der Waals surface area contributed by atoms with E-state index in [1.54, 1.807) is 42.5 Å². The van der Waals surface area contributed by atoms with E-state index in [0.717, 1.165) is 10.9 Å². The molecule has 38 heavy (non-hydrogen) atoms. The van der Waals surface area contributed by atoms with Crippen LogP contribution in [0.4, 0.5) is 0 Å². The van der Waals surface area contributed by atoms with Crippen molar-refractivity contribution in [2.45, 2.75) is 24.0 Å². The Balaban J connectivity index is 1.52. The van der Waals surface area contributed by atoms with E-state index in [1.807, 2.05) is 17.5 Å². The van der Waals surface area contributed by atoms with Gasteiger partial charge in [-0.1, -0.05) is 36.4 Å². The summed E-state index contributed by atoms with van der Waals surface area (Å²) < 4.78 is 35.0. The minimum atomic E-state index is -4.29. The Bertz CT molecular complexity index is 1740. The van der Waals surface area contributed by atoms with Crippen molar-refractivity contribution >= 4 is 38.2 Å². The van der Waals surface area contributed by atoms with Crippen molar-refractivity contribution in [2.75, 3.05) is 0 Å². The summed E-state index contributed by atoms with van der Waals surface area (Å²) in [6.45, 7) is 0.383. The van der Waals surface area contributed by atoms with Crippen molar-refractivity contribution < 1.29 is 17.6 Å². The van der Waals surface area contributed by atoms with E-state index in [9.17, 15) is 22.8 Å². The van der Waals surface area contributed by atoms with Gasteiger partial charge in [-0.3, -0.25) is 14.6 Å². The molecule has 0 aliphatic heterocycles. The SMILES string of the molecule is O=C([C@@H](NS(=O)(=O)c1ccc2[nH]c(=O)[nH]c(=O)c2c1)c1ccccc1)N(Cc1ccco1)Cc1cccs1. The molecule has 3 heterocycles. The first-order chi connectivity index (χ1) is 18.3. The van der Waals surface area contributed by atoms with E-state index in [2.05, 4.69) is 14.7 Å². The van der Waals surface area contributed by atoms with Gasteiger partial charge in [0, 0.05) is 4.88 Å². The Morgan fingerprint density at radius 3 is 2.50 bits per heavy atom. The van der Waals surface area contributed by atoms with Crippen LogP contribution in [-0.2, 0) is 27.9 Å². The highest BCUT2D eigenvalue weighted by molar-refractivity contribution is 7.89. The van der Waals surface area contributed by atoms with Gasteiger partial charge in [0.1, 0.15) is 11.8 Å². The molecule has 0 unspecified atom stereocenters. The van der Waals surface area contributed by atoms with Gasteiger partial charge in [-0.2, -0.15) is 4.72 Å². The van der Waals surface area contributed by atoms with Gasteiger partial charge in [-0.05, 0) is 47.3 Å². The number of aromatic nitrogens is 2. The topological polar surface area (TPSA) is 145 Å². The number of carbonyl (C=O) groups is 1. The average molecular weight is 551 g/mol. The molecule has 10 nitrogen and oxygen atoms in total. The van der Waals surface area contributed by atoms with Crippen LogP contribution in [0.25, 0.3) is 10.9 Å². The number of hydrogen-bond donors (Lipinski definition) is 3. The van der Waals surface area contributed by atoms with Crippen LogP contribution in [0, 0.1) is 0 Å². The van der Waals surface area contributed by atoms with Gasteiger partial charge in [0.05, 0.1) is 35.2 Å². The van der Waals surface area contributed by atoms with Crippen molar-refractivity contribution in [1.29, 1.82) is 0 Å². The Labute approximate surface area is 220 Å². The average Bonchev–Trinajstić information content (AvgIpc) is 3.61. The van der Waals surface area contributed by atoms with E-state index < -0.39 is 33.2 Å². The Kier molecular flexibility index (Phi) is 7.09. The quantitative estimate of drug-likeness (QED) is 0.257. The first kappa shape index (κ1) is 25.4. The minimum Gasteiger partial charge on any atom is -0.467 e. The number of rotatable bonds is 9. The molecule has 5 rings (SSSR count). The number of H-pyrrole nitrogens is 2. The van der Waals surface area contributed by atoms with Crippen molar-refractivity contribution in [3.05, 3.63) is 121 Å². The maximum atomic E-state index is 14.0. The lowest BCUT2D eigenvalue weighted by molar-refractivity contribution is -0.134. The monoisotopic (exact) mass is 550 g/mol. The van der Waals surface area contributed by atoms with Gasteiger partial charge in [0.25, 0.3) is 5.56 Å². The molecule has 3 aromatic heterocycles. The first-order valence-electron chi connectivity index (χ1n) is 11.5. The second-order valence-electron chi connectivity index (χ2n) is 8.43. The summed E-state index contributed by atoms with van der Waals surface area (Å²) >= 11 is 1.48. The number of benzene rings is 2. The maximum Gasteiger partial charge on any atom is 0.326 e. The van der Waals surface area contributed by atoms with Gasteiger partial charge in [0.2, 0.25) is 15.9 Å². The second kappa shape index (κ2) is 10.6. The molecule has 194 valence electrons. The van der Waals surface area contributed by atoms with E-state index in [4.69, 9.17) is 4.42 Å². The lowest BCUT2D eigenvalue weighted by atomic mass is 10.1. The fourth-order valence-corrected chi connectivity index (χ4v) is 5.94. The number of amides is 1. The van der Waals surface area contributed by atoms with Gasteiger partial charge in [-0.15, -0.1) is 11.3 Å². The zero-order valence-electron chi connectivity index (χ0n) is 19.8. The maximum absolute atomic E-state index is 14.0. The number of thiophene rings is 1. The van der Waals surface area contributed by atoms with Crippen LogP contribution < -0.4 is 16.0 Å². The number of carbonyl (C=O) groups excluding carboxylic acids is 1. The fourth-order valence-electron chi connectivity index (χ4n) is 4.02. The van der Waals surface area contributed by atoms with E-state index in [-0.39, 0.29) is 28.9 Å². The number of nitrogens with zero attached hydrogens (tertiary/aromatic N) is 1. The van der Waals surface area contributed by atoms with Crippen LogP contribution in [-0.4, -0.2) is 29.2 Å². The van der Waals surface area contributed by atoms with Gasteiger partial charge in [0.15, 0.2) is 0 Å². The third kappa shape index (κ3) is 5.52. The van der Waals surface area contributed by atoms with E-state index in [0.29, 0.717) is 11.3 Å². The molecule has 0 saturated carbocycles. The number of nitrogens with one attached hydrogen (secondary N) is 3. The van der Waals surface area contributed by atoms with Crippen molar-refractivity contribution in [3.63, 3.8) is 0 Å². The summed E-state index contributed by atoms with van der Waals surface area (Å²) in [5.41, 5.74) is -0.793. The van der Waals surface area contributed by atoms with E-state index >= 15 is 0 Å². The fraction of sp³-hybridized carbons (Fsp3) is 0.115. The Morgan fingerprint density at radius 2 is 1.79 bits per heavy atom. The van der Waals surface area contributed by atoms with E-state index in [1.165, 1.54) is 34.6 Å². The molecule has 0 radical (unpaired) electrons. The highest BCUT2D eigenvalue weighted by Crippen LogP contribution is 2.24. The van der Waals surface area contributed by atoms with Crippen LogP contribution in [0.3, 0.4) is 0 Å². The highest BCUT2D eigenvalue weighted by Gasteiger charge is 2.31. The van der Waals surface area contributed by atoms with Crippen LogP contribution in [0.15, 0.2) is 103 Å². The Morgan fingerprint density at radius 1 is 0.974 bits per heavy atom. The zero-order chi connectivity index (χ0) is 26.7. The number of aromatic amines is 2. The van der Waals surface area contributed by atoms with Crippen LogP contribution in [0.1, 0.15) is 22.2 Å². The number of hydrogen-bond acceptors (Lipinski definition) is 7. The minimum absolute atomic E-state index is 0.00722. The van der Waals surface area contributed by atoms with Crippen molar-refractivity contribution in [2.24, 2.45) is 0 Å². The van der Waals surface area contributed by atoms with Crippen LogP contribution in [0.2, 0.25) is 0 Å². The molecule has 12 heteroatoms. The molecule has 3 N–H and O–H groups in total. The summed E-state index contributed by atoms with van der Waals surface area (Å²) in [4.78, 5) is 44.6. The molecule has 1 atom stereocenters. The molecule has 0 bridgehead atoms. The first-order valence-corrected chi connectivity index (χ1v) is 13.8. The Hall–Kier alpha value is -4.26. The standard InChI is InChI=1S/C26H22N4O6S2/c31-24-21-14-20(10-11-22(21)27-26(33)28-24)38(34,35)29-23(17-6-2-1-3-7-17)25(32)30(15-18-8-4-12-36-18)16-19-9-5-13-37-19/h1-14,23,29H,15-16H2,(H2,27,28,31,33)/t23-/m0/s1. The van der Waals surface area contributed by atoms with Crippen LogP contribution >= 0.6 is 11.3 Å². The number of sulfonamides is 1. The predicted molar refractivity (Wildman–Crippen MR) is 142 cm³/mol. The van der Waals surface area contributed by atoms with Crippen molar-refractivity contribution in [3.8, 4) is 0 Å². The van der Waals surface area contributed by atoms with Gasteiger partial charge >= 0.3 is 5.69 Å². The third-order valence-electron chi connectivity index (χ3n) is 5.84. The number of fused-ring (bicyclic) bond motifs is 1. The summed E-state index contributed by atoms with van der Waals surface area (Å²) in [7, 11) is -4.29. The van der Waals surface area contributed by atoms with Crippen LogP contribution in [0.5, 0.6) is 0 Å². The molecule has 5 aromatic rings. The smallest absolute Gasteiger partial charge is 0.326 e. The summed E-state index contributed by atoms with van der Waals surface area (Å²) in [6, 6.07) is 18.2. The summed E-state index contributed by atoms with van der Waals surface area (Å²) in [5, 5.41) is 1.89. The molecule has 0 aliphatic rings. The summed E-state index contributed by atoms with van der Waals surface area (Å²) in [5.74, 6) is 0.0693. The largest absolute Gasteiger partial charge is 0.467 e. The molecule has 0 aliphatic carbocycles. The molecular weight excluding hydrogens is 528 g/mol. The van der Waals surface area contributed by atoms with Gasteiger partial charge in [-0.25, -0.2) is 13.2 Å². The normalized spacial score (nSPS) is 12.4. The third-order valence-corrected chi connectivity index (χ3v) is 8.12. The predicted octanol–water partition coefficient (Wildman–Crippen LogP) is 3.12. The van der Waals surface area contributed by atoms with Gasteiger partial charge < -0.3 is 14.3 Å². The molecule has 0 fully saturated rings. The zero-order valence-corrected chi connectivity index (χ0v) is 21.4. The summed E-state index contributed by atoms with van der Waals surface area (Å²) in [6.07, 6.45) is 1.51. The second-order valence-corrected chi connectivity index (χ2v) is 11.2. The lowest BCUT2D eigenvalue weighted by Crippen LogP contribution is -2.42.